The van der Waals surface area contributed by atoms with E-state index in [4.69, 9.17) is 80.9 Å². The van der Waals surface area contributed by atoms with Gasteiger partial charge >= 0.3 is 7.12 Å². The van der Waals surface area contributed by atoms with E-state index in [2.05, 4.69) is 65.5 Å². The van der Waals surface area contributed by atoms with Gasteiger partial charge < -0.3 is 90.9 Å². The van der Waals surface area contributed by atoms with Crippen molar-refractivity contribution in [2.24, 2.45) is 0 Å². The molecule has 6 aliphatic heterocycles. The minimum atomic E-state index is -1.64. The first kappa shape index (κ1) is 69.0. The molecule has 12 rings (SSSR count). The van der Waals surface area contributed by atoms with Crippen LogP contribution in [0.5, 0.6) is 97.7 Å². The van der Waals surface area contributed by atoms with Crippen molar-refractivity contribution in [3.63, 3.8) is 0 Å². The molecule has 20 nitrogen and oxygen atoms in total. The van der Waals surface area contributed by atoms with Crippen molar-refractivity contribution in [2.75, 3.05) is 113 Å². The fourth-order valence-electron chi connectivity index (χ4n) is 8.37. The zero-order valence-electron chi connectivity index (χ0n) is 49.8. The van der Waals surface area contributed by atoms with Gasteiger partial charge in [0.15, 0.2) is 69.0 Å². The van der Waals surface area contributed by atoms with Gasteiger partial charge in [0.05, 0.1) is 39.5 Å². The largest absolute Gasteiger partial charge is 0.508 e. The van der Waals surface area contributed by atoms with Crippen molar-refractivity contribution in [1.29, 1.82) is 0 Å². The number of rotatable bonds is 8. The maximum absolute atomic E-state index is 10.4. The number of phenols is 1. The molecule has 0 unspecified atom stereocenters. The third kappa shape index (κ3) is 20.2. The van der Waals surface area contributed by atoms with Crippen LogP contribution >= 0.6 is 38.5 Å². The molecule has 0 saturated heterocycles. The quantitative estimate of drug-likeness (QED) is 0.0557. The Balaban J connectivity index is 0.000000219. The van der Waals surface area contributed by atoms with E-state index in [1.165, 1.54) is 7.11 Å². The van der Waals surface area contributed by atoms with Crippen LogP contribution in [-0.2, 0) is 0 Å². The fourth-order valence-corrected chi connectivity index (χ4v) is 8.37. The number of methoxy groups -OCH3 is 4. The zero-order valence-corrected chi connectivity index (χ0v) is 53.6. The van der Waals surface area contributed by atoms with E-state index < -0.39 is 7.12 Å². The van der Waals surface area contributed by atoms with Crippen molar-refractivity contribution >= 4 is 63.0 Å². The van der Waals surface area contributed by atoms with Gasteiger partial charge in [0.1, 0.15) is 114 Å². The van der Waals surface area contributed by atoms with E-state index in [0.29, 0.717) is 131 Å². The van der Waals surface area contributed by atoms with E-state index in [0.717, 1.165) is 79.2 Å². The number of halogens is 2. The van der Waals surface area contributed by atoms with E-state index in [1.807, 2.05) is 61.2 Å². The van der Waals surface area contributed by atoms with Gasteiger partial charge in [0.25, 0.3) is 0 Å². The van der Waals surface area contributed by atoms with E-state index in [-0.39, 0.29) is 12.6 Å². The first-order chi connectivity index (χ1) is 41.6. The van der Waals surface area contributed by atoms with E-state index in [9.17, 15) is 14.8 Å². The molecule has 6 aromatic carbocycles. The lowest BCUT2D eigenvalue weighted by Crippen LogP contribution is -2.35. The number of carbonyl (C=O) groups is 1. The molecule has 0 fully saturated rings. The van der Waals surface area contributed by atoms with Crippen LogP contribution in [0.3, 0.4) is 0 Å². The molecule has 6 heterocycles. The molecule has 0 spiro atoms. The number of aromatic hydroxyl groups is 1. The molecule has 23 heteroatoms. The lowest BCUT2D eigenvalue weighted by Gasteiger charge is -2.24. The van der Waals surface area contributed by atoms with Crippen molar-refractivity contribution in [2.45, 2.75) is 33.6 Å². The number of alkyl halides is 1. The normalized spacial score (nSPS) is 13.3. The van der Waals surface area contributed by atoms with Crippen LogP contribution in [0.2, 0.25) is 0 Å². The molecule has 86 heavy (non-hydrogen) atoms. The average molecular weight is 1370 g/mol. The van der Waals surface area contributed by atoms with Crippen LogP contribution < -0.4 is 81.3 Å². The van der Waals surface area contributed by atoms with Gasteiger partial charge in [-0.05, 0) is 114 Å². The lowest BCUT2D eigenvalue weighted by atomic mass is 9.78. The van der Waals surface area contributed by atoms with Gasteiger partial charge in [-0.3, -0.25) is 4.79 Å². The third-order valence-electron chi connectivity index (χ3n) is 12.0. The number of fused-ring (bicyclic) bond motifs is 6. The van der Waals surface area contributed by atoms with Gasteiger partial charge in [0.2, 0.25) is 0 Å². The minimum Gasteiger partial charge on any atom is -0.508 e. The molecule has 3 N–H and O–H groups in total. The summed E-state index contributed by atoms with van der Waals surface area (Å²) in [6.07, 6.45) is 0.790. The average Bonchev–Trinajstić information content (AvgIpc) is 1.62. The van der Waals surface area contributed by atoms with Crippen LogP contribution in [0, 0.1) is 0 Å². The number of benzene rings is 6. The van der Waals surface area contributed by atoms with Gasteiger partial charge in [-0.15, -0.1) is 0 Å². The second-order valence-corrected chi connectivity index (χ2v) is 19.8. The predicted molar refractivity (Wildman–Crippen MR) is 342 cm³/mol. The van der Waals surface area contributed by atoms with E-state index >= 15 is 0 Å². The second-order valence-electron chi connectivity index (χ2n) is 18.4. The summed E-state index contributed by atoms with van der Waals surface area (Å²) in [5.74, 6) is 11.6. The summed E-state index contributed by atoms with van der Waals surface area (Å²) >= 11 is 5.23. The first-order valence-electron chi connectivity index (χ1n) is 27.1. The summed E-state index contributed by atoms with van der Waals surface area (Å²) in [6.45, 7) is 22.2. The number of carbonyl (C=O) groups excluding carboxylic acids is 1. The molecule has 0 aliphatic carbocycles. The Bertz CT molecular complexity index is 3070. The second kappa shape index (κ2) is 36.3. The molecule has 0 aromatic heterocycles. The van der Waals surface area contributed by atoms with Gasteiger partial charge in [0, 0.05) is 24.7 Å². The zero-order chi connectivity index (χ0) is 62.5. The molecule has 0 saturated carbocycles. The van der Waals surface area contributed by atoms with Crippen LogP contribution in [0.4, 0.5) is 0 Å². The van der Waals surface area contributed by atoms with Gasteiger partial charge in [-0.1, -0.05) is 65.5 Å². The summed E-state index contributed by atoms with van der Waals surface area (Å²) < 4.78 is 86.3. The highest BCUT2D eigenvalue weighted by Gasteiger charge is 2.28. The van der Waals surface area contributed by atoms with Crippen molar-refractivity contribution in [1.82, 2.24) is 0 Å². The number of hydrogen-bond acceptors (Lipinski definition) is 20. The molecular weight excluding hydrogens is 1290 g/mol. The smallest absolute Gasteiger partial charge is 0.496 e. The summed E-state index contributed by atoms with van der Waals surface area (Å²) in [5.41, 5.74) is 3.72. The van der Waals surface area contributed by atoms with Gasteiger partial charge in [-0.2, -0.15) is 0 Å². The van der Waals surface area contributed by atoms with Crippen LogP contribution in [0.1, 0.15) is 56.5 Å². The molecule has 0 radical (unpaired) electrons. The summed E-state index contributed by atoms with van der Waals surface area (Å²) in [5, 5.41) is 27.5. The minimum absolute atomic E-state index is 0. The first-order valence-corrected chi connectivity index (χ1v) is 30.0. The SMILES string of the molecule is C=C(C)Br.C=C(C)c1c(OC)ccc2c1OCCO2.CI.COc1ccc2c(c1)OCCO2.COc1ccc2c(c1B(O)O)OCCO2.COc1ccc2c(c1C(C)C)OCCO2.O=Cc1ccc2c(c1)OCCO2.Oc1ccc2c(c1)OCCO2.[HH]. The Morgan fingerprint density at radius 3 is 1.35 bits per heavy atom. The number of allylic oxidation sites excluding steroid dienone is 2. The van der Waals surface area contributed by atoms with Crippen LogP contribution in [0.25, 0.3) is 5.57 Å². The highest BCUT2D eigenvalue weighted by molar-refractivity contribution is 14.1. The standard InChI is InChI=1S/C12H16O3.C12H14O3.C9H11BO5.C9H10O3.C9H8O3.C8H8O3.C3H5Br.CH3I.H2/c2*1-8(2)11-9(13-3)4-5-10-12(11)15-7-6-14-10;1-13-6-2-3-7-9(8(6)10(11)12)15-5-4-14-7;1-10-7-2-3-8-9(6-7)12-5-4-11-8;10-6-7-1-2-8-9(5-7)12-4-3-11-8;9-6-1-2-7-8(5-6)11-4-3-10-7;1-3(2)4;1-2;/h4-5,8H,6-7H2,1-3H3;4-5H,1,6-7H2,2-3H3;2-3,11-12H,4-5H2,1H3;2-3,6H,4-5H2,1H3;1-2,5-6H,3-4H2;1-2,5,9H,3-4H2;1H2,2H3;1H3;1H. The monoisotopic (exact) mass is 1370 g/mol. The highest BCUT2D eigenvalue weighted by atomic mass is 127. The molecule has 0 bridgehead atoms. The summed E-state index contributed by atoms with van der Waals surface area (Å²) in [6, 6.07) is 26.4. The Morgan fingerprint density at radius 1 is 0.512 bits per heavy atom. The Morgan fingerprint density at radius 2 is 0.884 bits per heavy atom. The van der Waals surface area contributed by atoms with Crippen LogP contribution in [0.15, 0.2) is 109 Å². The summed E-state index contributed by atoms with van der Waals surface area (Å²) in [4.78, 5) is 12.4. The number of aldehydes is 1. The summed E-state index contributed by atoms with van der Waals surface area (Å²) in [7, 11) is 4.76. The van der Waals surface area contributed by atoms with Crippen molar-refractivity contribution in [3.05, 3.63) is 125 Å². The van der Waals surface area contributed by atoms with Crippen molar-refractivity contribution < 1.29 is 97.2 Å². The Labute approximate surface area is 526 Å². The molecule has 0 amide bonds. The van der Waals surface area contributed by atoms with Gasteiger partial charge in [-0.25, -0.2) is 0 Å². The van der Waals surface area contributed by atoms with E-state index in [1.54, 1.807) is 69.9 Å². The number of ether oxygens (including phenoxy) is 16. The molecule has 466 valence electrons. The maximum atomic E-state index is 10.4. The maximum Gasteiger partial charge on any atom is 0.496 e. The van der Waals surface area contributed by atoms with Crippen molar-refractivity contribution in [3.8, 4) is 97.7 Å². The number of hydrogen-bond donors (Lipinski definition) is 3. The Kier molecular flexibility index (Phi) is 29.1. The Hall–Kier alpha value is -7.74. The fraction of sp³-hybridized carbons (Fsp3) is 0.349. The predicted octanol–water partition coefficient (Wildman–Crippen LogP) is 11.3. The topological polar surface area (TPSA) is 225 Å². The highest BCUT2D eigenvalue weighted by Crippen LogP contribution is 2.44. The molecule has 6 aromatic rings. The third-order valence-corrected chi connectivity index (χ3v) is 12.0. The number of phenolic OH excluding ortho intramolecular Hbond substituents is 1. The molecular formula is C63H77BBrIO20. The molecule has 0 atom stereocenters. The lowest BCUT2D eigenvalue weighted by molar-refractivity contribution is 0.112. The molecule has 6 aliphatic rings. The van der Waals surface area contributed by atoms with Crippen LogP contribution in [-0.4, -0.2) is 141 Å².